The number of pyridine rings is 1. The fourth-order valence-corrected chi connectivity index (χ4v) is 7.24. The molecule has 0 radical (unpaired) electrons. The second-order valence-corrected chi connectivity index (χ2v) is 12.9. The number of rotatable bonds is 9. The molecule has 242 valence electrons. The molecule has 3 fully saturated rings. The van der Waals surface area contributed by atoms with Crippen LogP contribution in [0.25, 0.3) is 0 Å². The van der Waals surface area contributed by atoms with Crippen molar-refractivity contribution in [1.29, 1.82) is 0 Å². The van der Waals surface area contributed by atoms with Gasteiger partial charge in [-0.05, 0) is 80.5 Å². The molecule has 5 nitrogen and oxygen atoms in total. The molecule has 3 aliphatic rings. The Bertz CT molecular complexity index is 1420. The summed E-state index contributed by atoms with van der Waals surface area (Å²) >= 11 is 0. The third-order valence-electron chi connectivity index (χ3n) is 9.80. The van der Waals surface area contributed by atoms with E-state index in [1.165, 1.54) is 17.7 Å². The molecule has 1 aromatic carbocycles. The lowest BCUT2D eigenvalue weighted by Gasteiger charge is -2.35. The molecule has 2 unspecified atom stereocenters. The normalized spacial score (nSPS) is 23.6. The van der Waals surface area contributed by atoms with Crippen LogP contribution in [0.2, 0.25) is 0 Å². The lowest BCUT2D eigenvalue weighted by Crippen LogP contribution is -2.34. The number of alkyl halides is 3. The number of halogens is 3. The van der Waals surface area contributed by atoms with Crippen LogP contribution in [0.3, 0.4) is 0 Å². The predicted molar refractivity (Wildman–Crippen MR) is 177 cm³/mol. The Morgan fingerprint density at radius 3 is 2.44 bits per heavy atom. The van der Waals surface area contributed by atoms with Crippen molar-refractivity contribution < 1.29 is 17.9 Å². The number of allylic oxidation sites excluding steroid dienone is 4. The monoisotopic (exact) mass is 620 g/mol. The molecule has 1 aromatic heterocycles. The Balaban J connectivity index is 1.41. The van der Waals surface area contributed by atoms with Crippen LogP contribution in [0.5, 0.6) is 0 Å². The second-order valence-electron chi connectivity index (χ2n) is 12.9. The first-order valence-corrected chi connectivity index (χ1v) is 16.2. The van der Waals surface area contributed by atoms with Crippen LogP contribution in [0, 0.1) is 24.7 Å². The minimum absolute atomic E-state index is 0.146. The zero-order chi connectivity index (χ0) is 32.1. The number of aryl methyl sites for hydroxylation is 1. The minimum atomic E-state index is -4.36. The van der Waals surface area contributed by atoms with E-state index in [0.717, 1.165) is 86.9 Å². The molecule has 45 heavy (non-hydrogen) atoms. The quantitative estimate of drug-likeness (QED) is 0.208. The Labute approximate surface area is 266 Å². The molecular formula is C37H47F3N4O. The van der Waals surface area contributed by atoms with Crippen LogP contribution >= 0.6 is 0 Å². The fourth-order valence-electron chi connectivity index (χ4n) is 7.24. The summed E-state index contributed by atoms with van der Waals surface area (Å²) in [5.74, 6) is 1.13. The third kappa shape index (κ3) is 7.59. The van der Waals surface area contributed by atoms with Crippen molar-refractivity contribution in [3.8, 4) is 0 Å². The van der Waals surface area contributed by atoms with Gasteiger partial charge in [0, 0.05) is 86.0 Å². The number of hydrogen-bond donors (Lipinski definition) is 0. The number of methoxy groups -OCH3 is 1. The average molecular weight is 621 g/mol. The molecule has 0 spiro atoms. The number of ether oxygens (including phenoxy) is 1. The second kappa shape index (κ2) is 14.2. The van der Waals surface area contributed by atoms with Crippen molar-refractivity contribution in [2.45, 2.75) is 52.1 Å². The van der Waals surface area contributed by atoms with Crippen molar-refractivity contribution in [3.05, 3.63) is 102 Å². The highest BCUT2D eigenvalue weighted by molar-refractivity contribution is 5.58. The first-order valence-electron chi connectivity index (χ1n) is 16.2. The molecule has 0 saturated carbocycles. The highest BCUT2D eigenvalue weighted by Gasteiger charge is 2.40. The van der Waals surface area contributed by atoms with Crippen LogP contribution < -0.4 is 9.80 Å². The predicted octanol–water partition coefficient (Wildman–Crippen LogP) is 8.36. The van der Waals surface area contributed by atoms with Crippen LogP contribution in [0.1, 0.15) is 55.8 Å². The summed E-state index contributed by atoms with van der Waals surface area (Å²) < 4.78 is 46.6. The van der Waals surface area contributed by atoms with Gasteiger partial charge in [-0.2, -0.15) is 13.2 Å². The summed E-state index contributed by atoms with van der Waals surface area (Å²) in [5, 5.41) is 0. The summed E-state index contributed by atoms with van der Waals surface area (Å²) in [6.45, 7) is 15.8. The molecule has 0 amide bonds. The van der Waals surface area contributed by atoms with Gasteiger partial charge in [-0.15, -0.1) is 0 Å². The smallest absolute Gasteiger partial charge is 0.416 e. The Kier molecular flexibility index (Phi) is 10.3. The number of hydrogen-bond acceptors (Lipinski definition) is 5. The summed E-state index contributed by atoms with van der Waals surface area (Å²) in [6, 6.07) is 8.61. The third-order valence-corrected chi connectivity index (χ3v) is 9.80. The highest BCUT2D eigenvalue weighted by Crippen LogP contribution is 2.43. The van der Waals surface area contributed by atoms with Gasteiger partial charge >= 0.3 is 6.18 Å². The summed E-state index contributed by atoms with van der Waals surface area (Å²) in [5.41, 5.74) is 5.67. The molecule has 0 aliphatic carbocycles. The Morgan fingerprint density at radius 1 is 1.00 bits per heavy atom. The molecule has 3 aliphatic heterocycles. The lowest BCUT2D eigenvalue weighted by atomic mass is 9.85. The Hall–Kier alpha value is -3.68. The van der Waals surface area contributed by atoms with E-state index in [4.69, 9.17) is 4.74 Å². The maximum Gasteiger partial charge on any atom is 0.416 e. The van der Waals surface area contributed by atoms with Crippen LogP contribution in [-0.4, -0.2) is 56.3 Å². The summed E-state index contributed by atoms with van der Waals surface area (Å²) in [6.07, 6.45) is 10.4. The topological polar surface area (TPSA) is 31.8 Å². The van der Waals surface area contributed by atoms with E-state index < -0.39 is 11.7 Å². The molecule has 0 bridgehead atoms. The van der Waals surface area contributed by atoms with Gasteiger partial charge in [0.2, 0.25) is 0 Å². The molecule has 5 rings (SSSR count). The molecular weight excluding hydrogens is 573 g/mol. The van der Waals surface area contributed by atoms with Gasteiger partial charge in [0.1, 0.15) is 0 Å². The van der Waals surface area contributed by atoms with E-state index >= 15 is 0 Å². The van der Waals surface area contributed by atoms with Crippen LogP contribution in [0.15, 0.2) is 84.9 Å². The largest absolute Gasteiger partial charge is 0.504 e. The first kappa shape index (κ1) is 32.7. The zero-order valence-electron chi connectivity index (χ0n) is 27.1. The SMILES string of the molecule is C=C(C1CN(c2ccnc(C)c2)C[C@H]1C(/C=C\C)=C/C=C/OC)N1CCC(c2ccc(C(F)(F)F)cc2N2CCC(C)CC2)C1. The van der Waals surface area contributed by atoms with E-state index in [0.29, 0.717) is 5.92 Å². The van der Waals surface area contributed by atoms with Gasteiger partial charge in [-0.25, -0.2) is 0 Å². The average Bonchev–Trinajstić information content (AvgIpc) is 3.69. The van der Waals surface area contributed by atoms with Crippen LogP contribution in [-0.2, 0) is 10.9 Å². The number of aromatic nitrogens is 1. The molecule has 0 N–H and O–H groups in total. The van der Waals surface area contributed by atoms with E-state index in [1.54, 1.807) is 19.4 Å². The van der Waals surface area contributed by atoms with Gasteiger partial charge in [-0.1, -0.05) is 37.8 Å². The molecule has 2 aromatic rings. The standard InChI is InChI=1S/C37H47F3N4O/c1-6-8-29(9-7-20-45-5)35-25-44(32-12-16-41-27(3)21-32)24-34(35)28(4)43-19-15-30(23-43)33-11-10-31(37(38,39)40)22-36(33)42-17-13-26(2)14-18-42/h6-12,16,20-22,26,30,34-35H,4,13-15,17-19,23-25H2,1-3,5H3/b8-6-,20-7+,29-9+/t30?,34?,35-/m0/s1. The Morgan fingerprint density at radius 2 is 1.76 bits per heavy atom. The van der Waals surface area contributed by atoms with Gasteiger partial charge in [-0.3, -0.25) is 4.98 Å². The van der Waals surface area contributed by atoms with E-state index in [2.05, 4.69) is 63.5 Å². The zero-order valence-corrected chi connectivity index (χ0v) is 27.1. The molecule has 4 heterocycles. The minimum Gasteiger partial charge on any atom is -0.504 e. The van der Waals surface area contributed by atoms with Crippen molar-refractivity contribution in [1.82, 2.24) is 9.88 Å². The number of likely N-dealkylation sites (tertiary alicyclic amines) is 1. The number of anilines is 2. The molecule has 8 heteroatoms. The molecule has 3 saturated heterocycles. The lowest BCUT2D eigenvalue weighted by molar-refractivity contribution is -0.137. The van der Waals surface area contributed by atoms with Crippen molar-refractivity contribution in [2.75, 3.05) is 56.2 Å². The van der Waals surface area contributed by atoms with Gasteiger partial charge in [0.15, 0.2) is 0 Å². The van der Waals surface area contributed by atoms with E-state index in [-0.39, 0.29) is 17.8 Å². The highest BCUT2D eigenvalue weighted by atomic mass is 19.4. The summed E-state index contributed by atoms with van der Waals surface area (Å²) in [4.78, 5) is 11.4. The van der Waals surface area contributed by atoms with Crippen LogP contribution in [0.4, 0.5) is 24.5 Å². The number of nitrogens with zero attached hydrogens (tertiary/aromatic N) is 4. The first-order chi connectivity index (χ1) is 21.6. The maximum atomic E-state index is 13.8. The van der Waals surface area contributed by atoms with Crippen molar-refractivity contribution in [2.24, 2.45) is 17.8 Å². The van der Waals surface area contributed by atoms with Gasteiger partial charge in [0.05, 0.1) is 18.9 Å². The van der Waals surface area contributed by atoms with E-state index in [9.17, 15) is 13.2 Å². The number of piperidine rings is 1. The van der Waals surface area contributed by atoms with Gasteiger partial charge in [0.25, 0.3) is 0 Å². The van der Waals surface area contributed by atoms with E-state index in [1.807, 2.05) is 26.1 Å². The maximum absolute atomic E-state index is 13.8. The van der Waals surface area contributed by atoms with Crippen molar-refractivity contribution in [3.63, 3.8) is 0 Å². The number of benzene rings is 1. The van der Waals surface area contributed by atoms with Crippen molar-refractivity contribution >= 4 is 11.4 Å². The summed E-state index contributed by atoms with van der Waals surface area (Å²) in [7, 11) is 1.64. The van der Waals surface area contributed by atoms with Gasteiger partial charge < -0.3 is 19.4 Å². The molecule has 3 atom stereocenters. The fraction of sp³-hybridized carbons (Fsp3) is 0.486.